The molecule has 0 radical (unpaired) electrons. The number of aliphatic hydroxyl groups excluding tert-OH is 1. The molecule has 0 saturated heterocycles. The van der Waals surface area contributed by atoms with Gasteiger partial charge in [0, 0.05) is 12.7 Å². The van der Waals surface area contributed by atoms with Gasteiger partial charge in [-0.2, -0.15) is 26.3 Å². The maximum Gasteiger partial charge on any atom is 0.433 e. The molecule has 0 aliphatic carbocycles. The molecule has 0 amide bonds. The van der Waals surface area contributed by atoms with Gasteiger partial charge in [-0.15, -0.1) is 0 Å². The number of rotatable bonds is 3. The van der Waals surface area contributed by atoms with E-state index in [0.29, 0.717) is 0 Å². The first kappa shape index (κ1) is 21.5. The van der Waals surface area contributed by atoms with Gasteiger partial charge in [0.15, 0.2) is 9.84 Å². The zero-order chi connectivity index (χ0) is 21.8. The van der Waals surface area contributed by atoms with E-state index in [1.807, 2.05) is 0 Å². The summed E-state index contributed by atoms with van der Waals surface area (Å²) in [5.74, 6) is 0. The van der Waals surface area contributed by atoms with Crippen LogP contribution in [0.4, 0.5) is 26.3 Å². The summed E-state index contributed by atoms with van der Waals surface area (Å²) in [7, 11) is -3.38. The smallest absolute Gasteiger partial charge is 0.387 e. The van der Waals surface area contributed by atoms with Gasteiger partial charge in [0.2, 0.25) is 0 Å². The first-order valence-electron chi connectivity index (χ1n) is 7.98. The lowest BCUT2D eigenvalue weighted by atomic mass is 9.98. The molecule has 3 rings (SSSR count). The molecule has 0 fully saturated rings. The fourth-order valence-corrected chi connectivity index (χ4v) is 5.43. The molecule has 158 valence electrons. The molecule has 1 N–H and O–H groups in total. The van der Waals surface area contributed by atoms with Crippen molar-refractivity contribution in [3.63, 3.8) is 0 Å². The number of halogens is 6. The van der Waals surface area contributed by atoms with Crippen molar-refractivity contribution in [3.05, 3.63) is 58.9 Å². The highest BCUT2D eigenvalue weighted by Gasteiger charge is 2.50. The van der Waals surface area contributed by atoms with Crippen molar-refractivity contribution < 1.29 is 44.6 Å². The van der Waals surface area contributed by atoms with Crippen molar-refractivity contribution in [3.8, 4) is 0 Å². The third kappa shape index (κ3) is 3.71. The van der Waals surface area contributed by atoms with Gasteiger partial charge >= 0.3 is 12.4 Å². The van der Waals surface area contributed by atoms with Gasteiger partial charge in [0.1, 0.15) is 28.8 Å². The summed E-state index contributed by atoms with van der Waals surface area (Å²) in [5, 5.41) is 8.64. The maximum absolute atomic E-state index is 13.1. The quantitative estimate of drug-likeness (QED) is 0.736. The van der Waals surface area contributed by atoms with E-state index >= 15 is 0 Å². The molecular formula is C17H13F6NO4S. The van der Waals surface area contributed by atoms with E-state index in [9.17, 15) is 39.9 Å². The van der Waals surface area contributed by atoms with Crippen molar-refractivity contribution in [2.45, 2.75) is 34.7 Å². The van der Waals surface area contributed by atoms with Crippen LogP contribution in [-0.2, 0) is 26.9 Å². The number of nitrogens with zero attached hydrogens (tertiary/aromatic N) is 1. The molecule has 1 aliphatic heterocycles. The van der Waals surface area contributed by atoms with Crippen LogP contribution in [0.5, 0.6) is 0 Å². The summed E-state index contributed by atoms with van der Waals surface area (Å²) in [5.41, 5.74) is -4.44. The molecule has 1 aromatic heterocycles. The molecule has 1 aliphatic rings. The first-order valence-corrected chi connectivity index (χ1v) is 9.53. The Labute approximate surface area is 160 Å². The van der Waals surface area contributed by atoms with Gasteiger partial charge in [-0.1, -0.05) is 18.2 Å². The first-order chi connectivity index (χ1) is 13.3. The zero-order valence-corrected chi connectivity index (χ0v) is 15.3. The van der Waals surface area contributed by atoms with Crippen LogP contribution in [-0.4, -0.2) is 30.9 Å². The number of aliphatic hydroxyl groups is 1. The number of aromatic nitrogens is 1. The normalized spacial score (nSPS) is 22.3. The van der Waals surface area contributed by atoms with Gasteiger partial charge in [0.25, 0.3) is 0 Å². The molecule has 3 atom stereocenters. The van der Waals surface area contributed by atoms with Gasteiger partial charge in [-0.25, -0.2) is 13.4 Å². The second-order valence-electron chi connectivity index (χ2n) is 6.32. The summed E-state index contributed by atoms with van der Waals surface area (Å²) in [6.45, 7) is 0. The number of hydrogen-bond acceptors (Lipinski definition) is 5. The molecule has 0 saturated carbocycles. The van der Waals surface area contributed by atoms with Crippen molar-refractivity contribution in [2.24, 2.45) is 0 Å². The van der Waals surface area contributed by atoms with Gasteiger partial charge in [-0.05, 0) is 23.8 Å². The molecule has 5 nitrogen and oxygen atoms in total. The summed E-state index contributed by atoms with van der Waals surface area (Å²) >= 11 is 0. The summed E-state index contributed by atoms with van der Waals surface area (Å²) < 4.78 is 109. The van der Waals surface area contributed by atoms with Gasteiger partial charge in [0.05, 0.1) is 4.90 Å². The molecule has 2 heterocycles. The lowest BCUT2D eigenvalue weighted by Gasteiger charge is -2.26. The largest absolute Gasteiger partial charge is 0.433 e. The van der Waals surface area contributed by atoms with Crippen LogP contribution in [0.1, 0.15) is 34.7 Å². The Morgan fingerprint density at radius 2 is 1.55 bits per heavy atom. The number of ether oxygens (including phenoxy) is 1. The minimum Gasteiger partial charge on any atom is -0.387 e. The maximum atomic E-state index is 13.1. The second-order valence-corrected chi connectivity index (χ2v) is 8.39. The highest BCUT2D eigenvalue weighted by atomic mass is 32.2. The van der Waals surface area contributed by atoms with E-state index in [4.69, 9.17) is 4.74 Å². The highest BCUT2D eigenvalue weighted by molar-refractivity contribution is 7.92. The molecule has 1 aromatic carbocycles. The van der Waals surface area contributed by atoms with E-state index < -0.39 is 56.6 Å². The van der Waals surface area contributed by atoms with E-state index in [2.05, 4.69) is 4.98 Å². The Morgan fingerprint density at radius 1 is 1.03 bits per heavy atom. The van der Waals surface area contributed by atoms with Gasteiger partial charge < -0.3 is 9.84 Å². The van der Waals surface area contributed by atoms with Crippen LogP contribution in [0.3, 0.4) is 0 Å². The number of hydrogen-bond donors (Lipinski definition) is 1. The Kier molecular flexibility index (Phi) is 5.16. The zero-order valence-electron chi connectivity index (χ0n) is 14.5. The average Bonchev–Trinajstić information content (AvgIpc) is 2.82. The molecular weight excluding hydrogens is 428 g/mol. The number of benzene rings is 1. The van der Waals surface area contributed by atoms with Gasteiger partial charge in [-0.3, -0.25) is 0 Å². The number of pyridine rings is 1. The minimum atomic E-state index is -5.22. The van der Waals surface area contributed by atoms with Crippen molar-refractivity contribution in [2.75, 3.05) is 7.11 Å². The number of fused-ring (bicyclic) bond motifs is 1. The van der Waals surface area contributed by atoms with Crippen molar-refractivity contribution in [1.29, 1.82) is 0 Å². The van der Waals surface area contributed by atoms with Crippen LogP contribution < -0.4 is 0 Å². The predicted octanol–water partition coefficient (Wildman–Crippen LogP) is 3.70. The third-order valence-electron chi connectivity index (χ3n) is 4.52. The molecule has 2 aromatic rings. The van der Waals surface area contributed by atoms with Crippen LogP contribution in [0, 0.1) is 0 Å². The molecule has 0 spiro atoms. The third-order valence-corrected chi connectivity index (χ3v) is 6.73. The van der Waals surface area contributed by atoms with E-state index in [1.54, 1.807) is 0 Å². The fraction of sp³-hybridized carbons (Fsp3) is 0.353. The van der Waals surface area contributed by atoms with Crippen LogP contribution >= 0.6 is 0 Å². The fourth-order valence-electron chi connectivity index (χ4n) is 3.27. The van der Waals surface area contributed by atoms with Crippen LogP contribution in [0.2, 0.25) is 0 Å². The predicted molar refractivity (Wildman–Crippen MR) is 86.4 cm³/mol. The monoisotopic (exact) mass is 441 g/mol. The van der Waals surface area contributed by atoms with E-state index in [0.717, 1.165) is 7.11 Å². The lowest BCUT2D eigenvalue weighted by molar-refractivity contribution is -0.150. The second kappa shape index (κ2) is 6.96. The Hall–Kier alpha value is -2.18. The molecule has 3 unspecified atom stereocenters. The molecule has 0 bridgehead atoms. The highest BCUT2D eigenvalue weighted by Crippen LogP contribution is 2.46. The summed E-state index contributed by atoms with van der Waals surface area (Å²) in [4.78, 5) is 2.33. The number of sulfone groups is 1. The van der Waals surface area contributed by atoms with E-state index in [-0.39, 0.29) is 22.6 Å². The number of methoxy groups -OCH3 is 1. The van der Waals surface area contributed by atoms with Crippen LogP contribution in [0.25, 0.3) is 0 Å². The Morgan fingerprint density at radius 3 is 2.00 bits per heavy atom. The number of alkyl halides is 6. The standard InChI is InChI=1S/C17H13F6NO4S/c1-28-14(15-13(25)9-4-2-3-5-10(9)29(15,26)27)8-6-11(16(18,19)20)24-12(7-8)17(21,22)23/h2-7,13-15,25H,1H3. The summed E-state index contributed by atoms with van der Waals surface area (Å²) in [6.07, 6.45) is -14.0. The average molecular weight is 441 g/mol. The molecule has 12 heteroatoms. The Balaban J connectivity index is 2.19. The van der Waals surface area contributed by atoms with Crippen LogP contribution in [0.15, 0.2) is 41.3 Å². The summed E-state index contributed by atoms with van der Waals surface area (Å²) in [6, 6.07) is 5.89. The molecule has 29 heavy (non-hydrogen) atoms. The van der Waals surface area contributed by atoms with Crippen molar-refractivity contribution >= 4 is 9.84 Å². The topological polar surface area (TPSA) is 76.5 Å². The SMILES string of the molecule is COC(c1cc(C(F)(F)F)nc(C(F)(F)F)c1)C1C(O)c2ccccc2S1(=O)=O. The van der Waals surface area contributed by atoms with E-state index in [1.165, 1.54) is 24.3 Å². The minimum absolute atomic E-state index is 0.0132. The lowest BCUT2D eigenvalue weighted by Crippen LogP contribution is -2.31. The Bertz CT molecular complexity index is 1000. The van der Waals surface area contributed by atoms with Crippen molar-refractivity contribution in [1.82, 2.24) is 4.98 Å².